The Morgan fingerprint density at radius 2 is 1.79 bits per heavy atom. The molecule has 0 atom stereocenters. The first kappa shape index (κ1) is 16.2. The van der Waals surface area contributed by atoms with E-state index >= 15 is 0 Å². The van der Waals surface area contributed by atoms with Crippen LogP contribution < -0.4 is 11.0 Å². The normalized spacial score (nSPS) is 17.3. The highest BCUT2D eigenvalue weighted by molar-refractivity contribution is 5.87. The lowest BCUT2D eigenvalue weighted by Gasteiger charge is -2.23. The van der Waals surface area contributed by atoms with Crippen LogP contribution in [-0.2, 0) is 11.3 Å². The molecule has 124 valence electrons. The highest BCUT2D eigenvalue weighted by atomic mass is 16.2. The van der Waals surface area contributed by atoms with Gasteiger partial charge in [0, 0.05) is 18.0 Å². The van der Waals surface area contributed by atoms with Crippen molar-refractivity contribution in [3.63, 3.8) is 0 Å². The van der Waals surface area contributed by atoms with Gasteiger partial charge in [-0.2, -0.15) is 5.10 Å². The number of carbonyl (C=O) groups is 1. The van der Waals surface area contributed by atoms with Gasteiger partial charge in [0.15, 0.2) is 0 Å². The number of hydrogen-bond acceptors (Lipinski definition) is 3. The highest BCUT2D eigenvalue weighted by Gasteiger charge is 2.19. The third-order valence-electron chi connectivity index (χ3n) is 4.39. The summed E-state index contributed by atoms with van der Waals surface area (Å²) in [5, 5.41) is 4.24. The Bertz CT molecular complexity index is 770. The molecule has 0 unspecified atom stereocenters. The first-order valence-electron chi connectivity index (χ1n) is 8.27. The van der Waals surface area contributed by atoms with Crippen molar-refractivity contribution in [2.75, 3.05) is 0 Å². The predicted molar refractivity (Wildman–Crippen MR) is 93.9 cm³/mol. The summed E-state index contributed by atoms with van der Waals surface area (Å²) in [7, 11) is 0. The van der Waals surface area contributed by atoms with Gasteiger partial charge in [0.25, 0.3) is 11.5 Å². The molecule has 1 aliphatic rings. The van der Waals surface area contributed by atoms with Crippen LogP contribution in [0.25, 0.3) is 0 Å². The van der Waals surface area contributed by atoms with E-state index in [-0.39, 0.29) is 18.0 Å². The van der Waals surface area contributed by atoms with Crippen molar-refractivity contribution in [2.24, 2.45) is 5.10 Å². The first-order chi connectivity index (χ1) is 11.7. The van der Waals surface area contributed by atoms with E-state index in [0.29, 0.717) is 5.92 Å². The molecule has 0 aliphatic heterocycles. The van der Waals surface area contributed by atoms with Crippen LogP contribution in [0.15, 0.2) is 64.6 Å². The lowest BCUT2D eigenvalue weighted by atomic mass is 9.83. The molecule has 1 heterocycles. The molecule has 0 spiro atoms. The molecule has 0 bridgehead atoms. The predicted octanol–water partition coefficient (Wildman–Crippen LogP) is 2.68. The maximum Gasteiger partial charge on any atom is 0.260 e. The second-order valence-corrected chi connectivity index (χ2v) is 6.06. The van der Waals surface area contributed by atoms with Gasteiger partial charge in [-0.1, -0.05) is 36.4 Å². The topological polar surface area (TPSA) is 63.5 Å². The zero-order chi connectivity index (χ0) is 16.8. The summed E-state index contributed by atoms with van der Waals surface area (Å²) < 4.78 is 1.36. The lowest BCUT2D eigenvalue weighted by Crippen LogP contribution is -2.30. The van der Waals surface area contributed by atoms with Crippen molar-refractivity contribution in [1.29, 1.82) is 0 Å². The maximum absolute atomic E-state index is 11.9. The Balaban J connectivity index is 1.51. The molecule has 5 heteroatoms. The van der Waals surface area contributed by atoms with Gasteiger partial charge >= 0.3 is 0 Å². The Morgan fingerprint density at radius 1 is 1.08 bits per heavy atom. The SMILES string of the molecule is O=C(Cn1ccccc1=O)NN=C1CCC(c2ccccc2)CC1. The van der Waals surface area contributed by atoms with Crippen molar-refractivity contribution in [1.82, 2.24) is 9.99 Å². The third kappa shape index (κ3) is 4.19. The molecular weight excluding hydrogens is 302 g/mol. The number of carbonyl (C=O) groups excluding carboxylic acids is 1. The van der Waals surface area contributed by atoms with Crippen molar-refractivity contribution < 1.29 is 4.79 Å². The summed E-state index contributed by atoms with van der Waals surface area (Å²) in [6, 6.07) is 15.3. The van der Waals surface area contributed by atoms with E-state index in [1.54, 1.807) is 18.3 Å². The largest absolute Gasteiger partial charge is 0.306 e. The van der Waals surface area contributed by atoms with E-state index in [0.717, 1.165) is 31.4 Å². The van der Waals surface area contributed by atoms with E-state index in [9.17, 15) is 9.59 Å². The monoisotopic (exact) mass is 323 g/mol. The summed E-state index contributed by atoms with van der Waals surface area (Å²) in [4.78, 5) is 23.5. The third-order valence-corrected chi connectivity index (χ3v) is 4.39. The standard InChI is InChI=1S/C19H21N3O2/c23-18(14-22-13-5-4-8-19(22)24)21-20-17-11-9-16(10-12-17)15-6-2-1-3-7-15/h1-8,13,16H,9-12,14H2,(H,21,23). The van der Waals surface area contributed by atoms with Gasteiger partial charge in [0.2, 0.25) is 0 Å². The second kappa shape index (κ2) is 7.73. The minimum Gasteiger partial charge on any atom is -0.306 e. The van der Waals surface area contributed by atoms with Gasteiger partial charge in [-0.05, 0) is 43.2 Å². The van der Waals surface area contributed by atoms with Gasteiger partial charge in [-0.3, -0.25) is 9.59 Å². The van der Waals surface area contributed by atoms with Gasteiger partial charge in [0.1, 0.15) is 6.54 Å². The zero-order valence-corrected chi connectivity index (χ0v) is 13.5. The molecule has 1 aliphatic carbocycles. The van der Waals surface area contributed by atoms with Gasteiger partial charge in [-0.25, -0.2) is 5.43 Å². The molecule has 1 fully saturated rings. The number of hydrazone groups is 1. The van der Waals surface area contributed by atoms with Crippen LogP contribution in [-0.4, -0.2) is 16.2 Å². The molecule has 5 nitrogen and oxygen atoms in total. The maximum atomic E-state index is 11.9. The molecule has 0 radical (unpaired) electrons. The fourth-order valence-electron chi connectivity index (χ4n) is 3.04. The number of pyridine rings is 1. The number of rotatable bonds is 4. The number of benzene rings is 1. The van der Waals surface area contributed by atoms with Crippen LogP contribution in [0.2, 0.25) is 0 Å². The lowest BCUT2D eigenvalue weighted by molar-refractivity contribution is -0.121. The molecule has 0 saturated heterocycles. The Hall–Kier alpha value is -2.69. The summed E-state index contributed by atoms with van der Waals surface area (Å²) in [5.41, 5.74) is 4.78. The smallest absolute Gasteiger partial charge is 0.260 e. The number of hydrogen-bond donors (Lipinski definition) is 1. The molecule has 1 amide bonds. The van der Waals surface area contributed by atoms with Crippen molar-refractivity contribution in [2.45, 2.75) is 38.1 Å². The highest BCUT2D eigenvalue weighted by Crippen LogP contribution is 2.31. The van der Waals surface area contributed by atoms with E-state index in [4.69, 9.17) is 0 Å². The van der Waals surface area contributed by atoms with E-state index in [1.165, 1.54) is 16.2 Å². The van der Waals surface area contributed by atoms with Crippen LogP contribution in [0.3, 0.4) is 0 Å². The summed E-state index contributed by atoms with van der Waals surface area (Å²) >= 11 is 0. The minimum atomic E-state index is -0.277. The molecular formula is C19H21N3O2. The quantitative estimate of drug-likeness (QED) is 0.879. The Kier molecular flexibility index (Phi) is 5.21. The van der Waals surface area contributed by atoms with Crippen molar-refractivity contribution in [3.05, 3.63) is 70.6 Å². The molecule has 24 heavy (non-hydrogen) atoms. The Labute approximate surface area is 141 Å². The number of nitrogens with zero attached hydrogens (tertiary/aromatic N) is 2. The van der Waals surface area contributed by atoms with E-state index in [1.807, 2.05) is 6.07 Å². The summed E-state index contributed by atoms with van der Waals surface area (Å²) in [5.74, 6) is 0.296. The van der Waals surface area contributed by atoms with Crippen molar-refractivity contribution >= 4 is 11.6 Å². The summed E-state index contributed by atoms with van der Waals surface area (Å²) in [6.07, 6.45) is 5.49. The first-order valence-corrected chi connectivity index (χ1v) is 8.27. The van der Waals surface area contributed by atoms with Crippen LogP contribution in [0, 0.1) is 0 Å². The van der Waals surface area contributed by atoms with Crippen LogP contribution in [0.1, 0.15) is 37.2 Å². The molecule has 1 N–H and O–H groups in total. The van der Waals surface area contributed by atoms with Gasteiger partial charge < -0.3 is 4.57 Å². The van der Waals surface area contributed by atoms with Crippen molar-refractivity contribution in [3.8, 4) is 0 Å². The fourth-order valence-corrected chi connectivity index (χ4v) is 3.04. The van der Waals surface area contributed by atoms with E-state index in [2.05, 4.69) is 34.8 Å². The molecule has 1 aromatic heterocycles. The van der Waals surface area contributed by atoms with Crippen LogP contribution in [0.5, 0.6) is 0 Å². The number of amides is 1. The average molecular weight is 323 g/mol. The molecule has 1 aromatic carbocycles. The molecule has 2 aromatic rings. The zero-order valence-electron chi connectivity index (χ0n) is 13.5. The Morgan fingerprint density at radius 3 is 2.50 bits per heavy atom. The van der Waals surface area contributed by atoms with E-state index < -0.39 is 0 Å². The minimum absolute atomic E-state index is 0.0108. The van der Waals surface area contributed by atoms with Gasteiger partial charge in [-0.15, -0.1) is 0 Å². The van der Waals surface area contributed by atoms with Crippen LogP contribution in [0.4, 0.5) is 0 Å². The summed E-state index contributed by atoms with van der Waals surface area (Å²) in [6.45, 7) is -0.0108. The average Bonchev–Trinajstić information content (AvgIpc) is 2.63. The fraction of sp³-hybridized carbons (Fsp3) is 0.316. The number of nitrogens with one attached hydrogen (secondary N) is 1. The second-order valence-electron chi connectivity index (χ2n) is 6.06. The molecule has 3 rings (SSSR count). The number of aromatic nitrogens is 1. The van der Waals surface area contributed by atoms with Gasteiger partial charge in [0.05, 0.1) is 0 Å². The van der Waals surface area contributed by atoms with Crippen LogP contribution >= 0.6 is 0 Å². The molecule has 1 saturated carbocycles.